The average Bonchev–Trinajstić information content (AvgIpc) is 2.57. The van der Waals surface area contributed by atoms with E-state index < -0.39 is 0 Å². The second kappa shape index (κ2) is 5.70. The lowest BCUT2D eigenvalue weighted by molar-refractivity contribution is 0.446. The van der Waals surface area contributed by atoms with E-state index in [0.717, 1.165) is 16.3 Å². The maximum Gasteiger partial charge on any atom is 0.255 e. The number of alkyl halides is 1. The monoisotopic (exact) mass is 263 g/mol. The second-order valence-electron chi connectivity index (χ2n) is 3.27. The fraction of sp³-hybridized carbons (Fsp3) is 0.667. The van der Waals surface area contributed by atoms with Crippen LogP contribution in [0.25, 0.3) is 0 Å². The zero-order valence-corrected chi connectivity index (χ0v) is 10.3. The number of aromatic nitrogens is 1. The summed E-state index contributed by atoms with van der Waals surface area (Å²) >= 11 is 5.20. The summed E-state index contributed by atoms with van der Waals surface area (Å²) in [6.07, 6.45) is 3.29. The van der Waals surface area contributed by atoms with Crippen LogP contribution in [0, 0.1) is 11.8 Å². The summed E-state index contributed by atoms with van der Waals surface area (Å²) in [5, 5.41) is 1.81. The standard InChI is InChI=1S/C9H14BrNOS/c1-7(2)8(5-10)6-13-9-11-3-4-12-9/h3-4,7-8H,5-6H2,1-2H3. The summed E-state index contributed by atoms with van der Waals surface area (Å²) in [6.45, 7) is 4.48. The highest BCUT2D eigenvalue weighted by Crippen LogP contribution is 2.23. The molecular weight excluding hydrogens is 250 g/mol. The molecule has 0 radical (unpaired) electrons. The molecule has 1 aromatic heterocycles. The molecule has 0 aliphatic rings. The van der Waals surface area contributed by atoms with Gasteiger partial charge in [-0.1, -0.05) is 41.5 Å². The molecule has 0 bridgehead atoms. The van der Waals surface area contributed by atoms with E-state index >= 15 is 0 Å². The lowest BCUT2D eigenvalue weighted by atomic mass is 10.0. The van der Waals surface area contributed by atoms with Gasteiger partial charge >= 0.3 is 0 Å². The zero-order valence-electron chi connectivity index (χ0n) is 7.87. The van der Waals surface area contributed by atoms with Gasteiger partial charge in [0.05, 0.1) is 6.20 Å². The predicted molar refractivity (Wildman–Crippen MR) is 59.3 cm³/mol. The fourth-order valence-corrected chi connectivity index (χ4v) is 3.27. The zero-order chi connectivity index (χ0) is 9.68. The quantitative estimate of drug-likeness (QED) is 0.602. The van der Waals surface area contributed by atoms with Crippen molar-refractivity contribution in [1.29, 1.82) is 0 Å². The number of hydrogen-bond acceptors (Lipinski definition) is 3. The van der Waals surface area contributed by atoms with Crippen LogP contribution in [0.3, 0.4) is 0 Å². The van der Waals surface area contributed by atoms with Crippen molar-refractivity contribution < 1.29 is 4.42 Å². The number of nitrogens with zero attached hydrogens (tertiary/aromatic N) is 1. The molecule has 0 spiro atoms. The van der Waals surface area contributed by atoms with Gasteiger partial charge in [-0.15, -0.1) is 0 Å². The first-order chi connectivity index (χ1) is 6.24. The van der Waals surface area contributed by atoms with Gasteiger partial charge < -0.3 is 4.42 Å². The number of oxazole rings is 1. The third-order valence-electron chi connectivity index (χ3n) is 1.97. The molecule has 1 rings (SSSR count). The van der Waals surface area contributed by atoms with Crippen molar-refractivity contribution in [3.63, 3.8) is 0 Å². The van der Waals surface area contributed by atoms with Crippen LogP contribution < -0.4 is 0 Å². The Balaban J connectivity index is 2.32. The summed E-state index contributed by atoms with van der Waals surface area (Å²) in [5.74, 6) is 2.43. The van der Waals surface area contributed by atoms with E-state index in [-0.39, 0.29) is 0 Å². The molecular formula is C9H14BrNOS. The largest absolute Gasteiger partial charge is 0.440 e. The Morgan fingerprint density at radius 2 is 2.38 bits per heavy atom. The Kier molecular flexibility index (Phi) is 4.88. The maximum absolute atomic E-state index is 5.14. The number of halogens is 1. The molecule has 0 aliphatic heterocycles. The Labute approximate surface area is 91.6 Å². The third kappa shape index (κ3) is 3.73. The highest BCUT2D eigenvalue weighted by Gasteiger charge is 2.13. The van der Waals surface area contributed by atoms with Crippen molar-refractivity contribution in [2.45, 2.75) is 19.1 Å². The third-order valence-corrected chi connectivity index (χ3v) is 3.85. The Morgan fingerprint density at radius 1 is 1.62 bits per heavy atom. The van der Waals surface area contributed by atoms with Crippen LogP contribution in [0.15, 0.2) is 22.1 Å². The molecule has 0 aliphatic carbocycles. The molecule has 2 nitrogen and oxygen atoms in total. The summed E-state index contributed by atoms with van der Waals surface area (Å²) in [5.41, 5.74) is 0. The molecule has 0 fully saturated rings. The first-order valence-electron chi connectivity index (χ1n) is 4.32. The highest BCUT2D eigenvalue weighted by atomic mass is 79.9. The Morgan fingerprint density at radius 3 is 2.85 bits per heavy atom. The summed E-state index contributed by atoms with van der Waals surface area (Å²) in [4.78, 5) is 4.06. The lowest BCUT2D eigenvalue weighted by Crippen LogP contribution is -2.12. The van der Waals surface area contributed by atoms with E-state index in [1.54, 1.807) is 24.2 Å². The molecule has 1 aromatic rings. The molecule has 13 heavy (non-hydrogen) atoms. The van der Waals surface area contributed by atoms with Gasteiger partial charge in [-0.25, -0.2) is 4.98 Å². The first kappa shape index (κ1) is 11.1. The van der Waals surface area contributed by atoms with Crippen LogP contribution in [0.1, 0.15) is 13.8 Å². The molecule has 1 heterocycles. The van der Waals surface area contributed by atoms with Gasteiger partial charge in [0, 0.05) is 11.1 Å². The Bertz CT molecular complexity index is 226. The number of rotatable bonds is 5. The Hall–Kier alpha value is 0.0400. The van der Waals surface area contributed by atoms with Gasteiger partial charge in [0.2, 0.25) is 0 Å². The van der Waals surface area contributed by atoms with Crippen molar-refractivity contribution >= 4 is 27.7 Å². The van der Waals surface area contributed by atoms with E-state index in [0.29, 0.717) is 11.8 Å². The molecule has 74 valence electrons. The summed E-state index contributed by atoms with van der Waals surface area (Å²) in [7, 11) is 0. The molecule has 0 saturated heterocycles. The molecule has 0 amide bonds. The SMILES string of the molecule is CC(C)C(CBr)CSc1ncco1. The van der Waals surface area contributed by atoms with Gasteiger partial charge in [0.25, 0.3) is 5.22 Å². The highest BCUT2D eigenvalue weighted by molar-refractivity contribution is 9.09. The van der Waals surface area contributed by atoms with E-state index in [9.17, 15) is 0 Å². The van der Waals surface area contributed by atoms with Crippen LogP contribution in [-0.4, -0.2) is 16.1 Å². The van der Waals surface area contributed by atoms with Gasteiger partial charge in [0.1, 0.15) is 6.26 Å². The molecule has 4 heteroatoms. The average molecular weight is 264 g/mol. The van der Waals surface area contributed by atoms with E-state index in [4.69, 9.17) is 4.42 Å². The van der Waals surface area contributed by atoms with Crippen LogP contribution in [-0.2, 0) is 0 Å². The number of hydrogen-bond donors (Lipinski definition) is 0. The molecule has 0 saturated carbocycles. The fourth-order valence-electron chi connectivity index (χ4n) is 0.875. The van der Waals surface area contributed by atoms with Gasteiger partial charge in [-0.3, -0.25) is 0 Å². The van der Waals surface area contributed by atoms with Crippen molar-refractivity contribution in [3.8, 4) is 0 Å². The van der Waals surface area contributed by atoms with Crippen molar-refractivity contribution in [1.82, 2.24) is 4.98 Å². The minimum absolute atomic E-state index is 0.678. The number of thioether (sulfide) groups is 1. The van der Waals surface area contributed by atoms with Crippen molar-refractivity contribution in [3.05, 3.63) is 12.5 Å². The first-order valence-corrected chi connectivity index (χ1v) is 6.43. The molecule has 1 unspecified atom stereocenters. The lowest BCUT2D eigenvalue weighted by Gasteiger charge is -2.16. The van der Waals surface area contributed by atoms with Gasteiger partial charge in [-0.2, -0.15) is 0 Å². The van der Waals surface area contributed by atoms with Crippen LogP contribution in [0.2, 0.25) is 0 Å². The normalized spacial score (nSPS) is 13.5. The molecule has 0 N–H and O–H groups in total. The smallest absolute Gasteiger partial charge is 0.255 e. The maximum atomic E-state index is 5.14. The van der Waals surface area contributed by atoms with Crippen molar-refractivity contribution in [2.24, 2.45) is 11.8 Å². The summed E-state index contributed by atoms with van der Waals surface area (Å²) in [6, 6.07) is 0. The summed E-state index contributed by atoms with van der Waals surface area (Å²) < 4.78 is 5.14. The van der Waals surface area contributed by atoms with Crippen molar-refractivity contribution in [2.75, 3.05) is 11.1 Å². The predicted octanol–water partition coefficient (Wildman–Crippen LogP) is 3.43. The van der Waals surface area contributed by atoms with Crippen LogP contribution >= 0.6 is 27.7 Å². The second-order valence-corrected chi connectivity index (χ2v) is 4.89. The molecule has 0 aromatic carbocycles. The van der Waals surface area contributed by atoms with E-state index in [1.165, 1.54) is 0 Å². The van der Waals surface area contributed by atoms with E-state index in [2.05, 4.69) is 34.8 Å². The topological polar surface area (TPSA) is 26.0 Å². The van der Waals surface area contributed by atoms with E-state index in [1.807, 2.05) is 0 Å². The minimum Gasteiger partial charge on any atom is -0.440 e. The van der Waals surface area contributed by atoms with Crippen LogP contribution in [0.4, 0.5) is 0 Å². The van der Waals surface area contributed by atoms with Crippen LogP contribution in [0.5, 0.6) is 0 Å². The minimum atomic E-state index is 0.678. The molecule has 1 atom stereocenters. The van der Waals surface area contributed by atoms with Gasteiger partial charge in [0.15, 0.2) is 0 Å². The van der Waals surface area contributed by atoms with Gasteiger partial charge in [-0.05, 0) is 11.8 Å².